The van der Waals surface area contributed by atoms with E-state index in [1.54, 1.807) is 6.08 Å². The molecule has 164 valence electrons. The van der Waals surface area contributed by atoms with Crippen LogP contribution in [0.2, 0.25) is 0 Å². The van der Waals surface area contributed by atoms with E-state index in [0.717, 1.165) is 37.7 Å². The molecule has 0 radical (unpaired) electrons. The van der Waals surface area contributed by atoms with Crippen molar-refractivity contribution in [3.63, 3.8) is 0 Å². The van der Waals surface area contributed by atoms with Gasteiger partial charge in [0.1, 0.15) is 6.10 Å². The van der Waals surface area contributed by atoms with E-state index in [1.807, 2.05) is 6.92 Å². The lowest BCUT2D eigenvalue weighted by molar-refractivity contribution is -0.233. The molecule has 0 heterocycles. The zero-order valence-electron chi connectivity index (χ0n) is 18.8. The van der Waals surface area contributed by atoms with Crippen LogP contribution in [0.4, 0.5) is 0 Å². The van der Waals surface area contributed by atoms with Crippen molar-refractivity contribution in [1.29, 1.82) is 0 Å². The van der Waals surface area contributed by atoms with Crippen molar-refractivity contribution >= 4 is 11.9 Å². The van der Waals surface area contributed by atoms with Crippen LogP contribution in [0.5, 0.6) is 0 Å². The summed E-state index contributed by atoms with van der Waals surface area (Å²) in [7, 11) is 0. The van der Waals surface area contributed by atoms with Gasteiger partial charge in [0.15, 0.2) is 0 Å². The Morgan fingerprint density at radius 1 is 1.17 bits per heavy atom. The molecule has 1 N–H and O–H groups in total. The first-order valence-corrected chi connectivity index (χ1v) is 10.7. The van der Waals surface area contributed by atoms with Crippen LogP contribution in [0.1, 0.15) is 73.1 Å². The monoisotopic (exact) mass is 406 g/mol. The van der Waals surface area contributed by atoms with E-state index in [0.29, 0.717) is 13.0 Å². The topological polar surface area (TPSA) is 72.8 Å². The van der Waals surface area contributed by atoms with Crippen LogP contribution < -0.4 is 0 Å². The first-order valence-electron chi connectivity index (χ1n) is 10.7. The van der Waals surface area contributed by atoms with Gasteiger partial charge in [0, 0.05) is 31.6 Å². The predicted molar refractivity (Wildman–Crippen MR) is 113 cm³/mol. The molecule has 0 aromatic carbocycles. The molecule has 29 heavy (non-hydrogen) atoms. The van der Waals surface area contributed by atoms with Gasteiger partial charge in [0.2, 0.25) is 0 Å². The fourth-order valence-corrected chi connectivity index (χ4v) is 6.45. The number of aliphatic hydroxyl groups is 1. The van der Waals surface area contributed by atoms with Gasteiger partial charge < -0.3 is 14.6 Å². The van der Waals surface area contributed by atoms with Gasteiger partial charge in [-0.2, -0.15) is 0 Å². The summed E-state index contributed by atoms with van der Waals surface area (Å²) in [5, 5.41) is 11.5. The Bertz CT molecular complexity index is 666. The number of carbonyl (C=O) groups is 2. The SMILES string of the molecule is C=CC(=C)CC[C@H]1[C@]2(C)CCC[C@](C)(COC(C)=O)[C@H]2[C@H](OC(C)=O)C[C@]1(C)O. The Kier molecular flexibility index (Phi) is 7.04. The molecular weight excluding hydrogens is 368 g/mol. The highest BCUT2D eigenvalue weighted by atomic mass is 16.5. The van der Waals surface area contributed by atoms with Crippen LogP contribution in [0.15, 0.2) is 24.8 Å². The standard InChI is InChI=1S/C24H38O5/c1-8-16(2)10-11-20-23(6)13-9-12-22(5,15-28-17(3)25)21(23)19(29-18(4)26)14-24(20,7)27/h8,19-21,27H,1-2,9-15H2,3-7H3/t19-,20+,21-,22-,23+,24+/m1/s1. The van der Waals surface area contributed by atoms with Crippen LogP contribution >= 0.6 is 0 Å². The van der Waals surface area contributed by atoms with E-state index in [4.69, 9.17) is 9.47 Å². The lowest BCUT2D eigenvalue weighted by Crippen LogP contribution is -2.64. The minimum atomic E-state index is -0.966. The minimum Gasteiger partial charge on any atom is -0.465 e. The molecule has 0 aromatic heterocycles. The van der Waals surface area contributed by atoms with Crippen molar-refractivity contribution in [2.24, 2.45) is 22.7 Å². The van der Waals surface area contributed by atoms with Crippen molar-refractivity contribution in [3.05, 3.63) is 24.8 Å². The summed E-state index contributed by atoms with van der Waals surface area (Å²) in [6, 6.07) is 0. The molecule has 6 atom stereocenters. The Morgan fingerprint density at radius 3 is 2.38 bits per heavy atom. The molecule has 0 saturated heterocycles. The molecule has 2 aliphatic rings. The average molecular weight is 407 g/mol. The maximum atomic E-state index is 11.9. The van der Waals surface area contributed by atoms with E-state index in [1.165, 1.54) is 13.8 Å². The summed E-state index contributed by atoms with van der Waals surface area (Å²) in [4.78, 5) is 23.4. The predicted octanol–water partition coefficient (Wildman–Crippen LogP) is 4.59. The van der Waals surface area contributed by atoms with Gasteiger partial charge in [-0.15, -0.1) is 0 Å². The third kappa shape index (κ3) is 4.93. The normalized spacial score (nSPS) is 39.2. The third-order valence-electron chi connectivity index (χ3n) is 7.42. The Morgan fingerprint density at radius 2 is 1.83 bits per heavy atom. The zero-order chi connectivity index (χ0) is 22.0. The molecule has 2 rings (SSSR count). The molecule has 0 aromatic rings. The van der Waals surface area contributed by atoms with Gasteiger partial charge in [0.25, 0.3) is 0 Å². The van der Waals surface area contributed by atoms with Gasteiger partial charge in [0.05, 0.1) is 12.2 Å². The van der Waals surface area contributed by atoms with Crippen LogP contribution in [-0.2, 0) is 19.1 Å². The summed E-state index contributed by atoms with van der Waals surface area (Å²) < 4.78 is 11.3. The van der Waals surface area contributed by atoms with E-state index in [-0.39, 0.29) is 34.6 Å². The molecule has 0 spiro atoms. The number of ether oxygens (including phenoxy) is 2. The highest BCUT2D eigenvalue weighted by Gasteiger charge is 2.63. The van der Waals surface area contributed by atoms with Gasteiger partial charge in [-0.3, -0.25) is 9.59 Å². The summed E-state index contributed by atoms with van der Waals surface area (Å²) in [5.74, 6) is -0.633. The van der Waals surface area contributed by atoms with Crippen molar-refractivity contribution in [3.8, 4) is 0 Å². The highest BCUT2D eigenvalue weighted by Crippen LogP contribution is 2.63. The van der Waals surface area contributed by atoms with Crippen molar-refractivity contribution < 1.29 is 24.2 Å². The van der Waals surface area contributed by atoms with Gasteiger partial charge in [-0.25, -0.2) is 0 Å². The number of rotatable bonds is 7. The van der Waals surface area contributed by atoms with Crippen molar-refractivity contribution in [2.45, 2.75) is 84.8 Å². The van der Waals surface area contributed by atoms with Crippen LogP contribution in [-0.4, -0.2) is 35.4 Å². The summed E-state index contributed by atoms with van der Waals surface area (Å²) in [5.41, 5.74) is -0.576. The third-order valence-corrected chi connectivity index (χ3v) is 7.42. The smallest absolute Gasteiger partial charge is 0.302 e. The molecule has 0 aliphatic heterocycles. The van der Waals surface area contributed by atoms with E-state index >= 15 is 0 Å². The second-order valence-corrected chi connectivity index (χ2v) is 9.93. The molecule has 0 unspecified atom stereocenters. The number of hydrogen-bond acceptors (Lipinski definition) is 5. The van der Waals surface area contributed by atoms with E-state index in [2.05, 4.69) is 27.0 Å². The number of allylic oxidation sites excluding steroid dienone is 2. The number of carbonyl (C=O) groups excluding carboxylic acids is 2. The lowest BCUT2D eigenvalue weighted by atomic mass is 9.44. The molecular formula is C24H38O5. The molecule has 2 fully saturated rings. The summed E-state index contributed by atoms with van der Waals surface area (Å²) in [6.45, 7) is 17.2. The molecule has 5 heteroatoms. The Labute approximate surface area is 175 Å². The number of esters is 2. The van der Waals surface area contributed by atoms with Crippen LogP contribution in [0.3, 0.4) is 0 Å². The Hall–Kier alpha value is -1.62. The van der Waals surface area contributed by atoms with Gasteiger partial charge in [-0.1, -0.05) is 45.1 Å². The summed E-state index contributed by atoms with van der Waals surface area (Å²) in [6.07, 6.45) is 6.11. The first kappa shape index (κ1) is 23.7. The molecule has 2 aliphatic carbocycles. The fraction of sp³-hybridized carbons (Fsp3) is 0.750. The van der Waals surface area contributed by atoms with Crippen LogP contribution in [0.25, 0.3) is 0 Å². The zero-order valence-corrected chi connectivity index (χ0v) is 18.8. The first-order chi connectivity index (χ1) is 13.4. The fourth-order valence-electron chi connectivity index (χ4n) is 6.45. The second-order valence-electron chi connectivity index (χ2n) is 9.93. The average Bonchev–Trinajstić information content (AvgIpc) is 2.57. The maximum Gasteiger partial charge on any atom is 0.302 e. The van der Waals surface area contributed by atoms with Crippen LogP contribution in [0, 0.1) is 22.7 Å². The maximum absolute atomic E-state index is 11.9. The second kappa shape index (κ2) is 8.63. The Balaban J connectivity index is 2.47. The largest absolute Gasteiger partial charge is 0.465 e. The quantitative estimate of drug-likeness (QED) is 0.495. The van der Waals surface area contributed by atoms with Gasteiger partial charge >= 0.3 is 11.9 Å². The van der Waals surface area contributed by atoms with Crippen molar-refractivity contribution in [1.82, 2.24) is 0 Å². The van der Waals surface area contributed by atoms with E-state index in [9.17, 15) is 14.7 Å². The summed E-state index contributed by atoms with van der Waals surface area (Å²) >= 11 is 0. The number of hydrogen-bond donors (Lipinski definition) is 1. The highest BCUT2D eigenvalue weighted by molar-refractivity contribution is 5.66. The molecule has 0 amide bonds. The number of fused-ring (bicyclic) bond motifs is 1. The lowest BCUT2D eigenvalue weighted by Gasteiger charge is -2.63. The van der Waals surface area contributed by atoms with E-state index < -0.39 is 11.7 Å². The van der Waals surface area contributed by atoms with Crippen molar-refractivity contribution in [2.75, 3.05) is 6.61 Å². The minimum absolute atomic E-state index is 0.00535. The van der Waals surface area contributed by atoms with Gasteiger partial charge in [-0.05, 0) is 43.9 Å². The molecule has 2 saturated carbocycles. The molecule has 5 nitrogen and oxygen atoms in total. The molecule has 0 bridgehead atoms.